The molecule has 0 N–H and O–H groups in total. The van der Waals surface area contributed by atoms with Gasteiger partial charge in [0.1, 0.15) is 0 Å². The van der Waals surface area contributed by atoms with E-state index in [1.54, 1.807) is 0 Å². The van der Waals surface area contributed by atoms with E-state index >= 15 is 0 Å². The molecule has 2 heterocycles. The van der Waals surface area contributed by atoms with E-state index in [9.17, 15) is 4.79 Å². The number of amides is 1. The van der Waals surface area contributed by atoms with Crippen molar-refractivity contribution in [3.05, 3.63) is 35.9 Å². The average molecular weight is 246 g/mol. The maximum Gasteiger partial charge on any atom is 0.327 e. The van der Waals surface area contributed by atoms with E-state index < -0.39 is 5.91 Å². The van der Waals surface area contributed by atoms with Crippen molar-refractivity contribution < 1.29 is 14.4 Å². The van der Waals surface area contributed by atoms with Gasteiger partial charge in [0.2, 0.25) is 5.91 Å². The molecule has 1 fully saturated rings. The highest BCUT2D eigenvalue weighted by molar-refractivity contribution is 6.09. The van der Waals surface area contributed by atoms with Crippen LogP contribution >= 0.6 is 0 Å². The van der Waals surface area contributed by atoms with E-state index in [0.29, 0.717) is 25.3 Å². The van der Waals surface area contributed by atoms with Crippen molar-refractivity contribution >= 4 is 11.7 Å². The molecule has 1 amide bonds. The monoisotopic (exact) mass is 246 g/mol. The highest BCUT2D eigenvalue weighted by atomic mass is 16.8. The summed E-state index contributed by atoms with van der Waals surface area (Å²) in [7, 11) is 0. The number of benzene rings is 1. The fourth-order valence-corrected chi connectivity index (χ4v) is 2.36. The van der Waals surface area contributed by atoms with Gasteiger partial charge in [0, 0.05) is 18.4 Å². The van der Waals surface area contributed by atoms with Crippen LogP contribution in [-0.4, -0.2) is 29.2 Å². The maximum atomic E-state index is 12.0. The van der Waals surface area contributed by atoms with Crippen LogP contribution in [-0.2, 0) is 14.4 Å². The number of rotatable bonds is 3. The average Bonchev–Trinajstić information content (AvgIpc) is 2.91. The van der Waals surface area contributed by atoms with Gasteiger partial charge < -0.3 is 9.57 Å². The number of ether oxygens (including phenoxy) is 1. The summed E-state index contributed by atoms with van der Waals surface area (Å²) in [4.78, 5) is 19.0. The summed E-state index contributed by atoms with van der Waals surface area (Å²) in [5.41, 5.74) is 0.856. The van der Waals surface area contributed by atoms with Crippen LogP contribution in [0, 0.1) is 0 Å². The number of carbonyl (C=O) groups excluding carboxylic acids is 1. The van der Waals surface area contributed by atoms with Gasteiger partial charge in [-0.3, -0.25) is 4.79 Å². The Morgan fingerprint density at radius 2 is 2.22 bits per heavy atom. The lowest BCUT2D eigenvalue weighted by atomic mass is 10.2. The van der Waals surface area contributed by atoms with Crippen molar-refractivity contribution in [2.75, 3.05) is 6.61 Å². The molecule has 18 heavy (non-hydrogen) atoms. The Morgan fingerprint density at radius 3 is 2.94 bits per heavy atom. The number of carbonyl (C=O) groups is 1. The van der Waals surface area contributed by atoms with Gasteiger partial charge in [-0.1, -0.05) is 35.5 Å². The van der Waals surface area contributed by atoms with Crippen LogP contribution in [0.4, 0.5) is 0 Å². The zero-order valence-corrected chi connectivity index (χ0v) is 10.1. The van der Waals surface area contributed by atoms with Gasteiger partial charge in [-0.15, -0.1) is 0 Å². The van der Waals surface area contributed by atoms with Crippen molar-refractivity contribution in [1.82, 2.24) is 4.90 Å². The van der Waals surface area contributed by atoms with Crippen molar-refractivity contribution in [3.8, 4) is 0 Å². The third kappa shape index (κ3) is 1.51. The summed E-state index contributed by atoms with van der Waals surface area (Å²) in [6.45, 7) is 2.35. The topological polar surface area (TPSA) is 51.1 Å². The third-order valence-corrected chi connectivity index (χ3v) is 3.13. The van der Waals surface area contributed by atoms with Crippen molar-refractivity contribution in [2.45, 2.75) is 25.7 Å². The zero-order valence-electron chi connectivity index (χ0n) is 10.1. The molecule has 94 valence electrons. The van der Waals surface area contributed by atoms with Gasteiger partial charge in [0.25, 0.3) is 0 Å². The van der Waals surface area contributed by atoms with Crippen LogP contribution in [0.2, 0.25) is 0 Å². The number of hydrogen-bond acceptors (Lipinski definition) is 4. The Balaban J connectivity index is 1.97. The van der Waals surface area contributed by atoms with Crippen LogP contribution in [0.3, 0.4) is 0 Å². The third-order valence-electron chi connectivity index (χ3n) is 3.13. The highest BCUT2D eigenvalue weighted by Crippen LogP contribution is 2.38. The fourth-order valence-electron chi connectivity index (χ4n) is 2.36. The second kappa shape index (κ2) is 4.10. The first-order valence-electron chi connectivity index (χ1n) is 6.05. The lowest BCUT2D eigenvalue weighted by Gasteiger charge is -2.28. The summed E-state index contributed by atoms with van der Waals surface area (Å²) in [5, 5.41) is 4.03. The Hall–Kier alpha value is -1.88. The van der Waals surface area contributed by atoms with Gasteiger partial charge in [-0.25, -0.2) is 4.90 Å². The van der Waals surface area contributed by atoms with Crippen molar-refractivity contribution in [1.29, 1.82) is 0 Å². The first-order valence-corrected chi connectivity index (χ1v) is 6.05. The molecule has 0 saturated carbocycles. The smallest absolute Gasteiger partial charge is 0.327 e. The molecule has 1 aromatic carbocycles. The molecule has 3 rings (SSSR count). The minimum absolute atomic E-state index is 0.0106. The molecule has 5 heteroatoms. The van der Waals surface area contributed by atoms with Crippen LogP contribution in [0.5, 0.6) is 0 Å². The molecule has 1 saturated heterocycles. The van der Waals surface area contributed by atoms with Crippen LogP contribution in [0.15, 0.2) is 35.5 Å². The van der Waals surface area contributed by atoms with Gasteiger partial charge in [-0.05, 0) is 6.92 Å². The quantitative estimate of drug-likeness (QED) is 0.815. The summed E-state index contributed by atoms with van der Waals surface area (Å²) in [6, 6.07) is 9.52. The molecular formula is C13H14N2O3. The predicted molar refractivity (Wildman–Crippen MR) is 64.5 cm³/mol. The molecule has 0 radical (unpaired) electrons. The van der Waals surface area contributed by atoms with E-state index in [2.05, 4.69) is 5.16 Å². The van der Waals surface area contributed by atoms with E-state index in [0.717, 1.165) is 5.56 Å². The van der Waals surface area contributed by atoms with Crippen LogP contribution in [0.1, 0.15) is 25.3 Å². The standard InChI is InChI=1S/C13H14N2O3/c1-2-17-13-9-8-11(16)15(13)12(14-18-13)10-6-4-3-5-7-10/h3-7H,2,8-9H2,1H3. The molecule has 1 unspecified atom stereocenters. The van der Waals surface area contributed by atoms with E-state index in [1.807, 2.05) is 37.3 Å². The number of fused-ring (bicyclic) bond motifs is 1. The van der Waals surface area contributed by atoms with Gasteiger partial charge in [-0.2, -0.15) is 0 Å². The van der Waals surface area contributed by atoms with E-state index in [4.69, 9.17) is 9.57 Å². The summed E-state index contributed by atoms with van der Waals surface area (Å²) in [6.07, 6.45) is 0.936. The van der Waals surface area contributed by atoms with Gasteiger partial charge in [0.05, 0.1) is 6.61 Å². The Morgan fingerprint density at radius 1 is 1.44 bits per heavy atom. The minimum Gasteiger partial charge on any atom is -0.336 e. The molecular weight excluding hydrogens is 232 g/mol. The number of amidine groups is 1. The minimum atomic E-state index is -1.02. The van der Waals surface area contributed by atoms with E-state index in [1.165, 1.54) is 4.90 Å². The maximum absolute atomic E-state index is 12.0. The summed E-state index contributed by atoms with van der Waals surface area (Å²) in [5.74, 6) is -0.494. The van der Waals surface area contributed by atoms with E-state index in [-0.39, 0.29) is 5.91 Å². The summed E-state index contributed by atoms with van der Waals surface area (Å²) >= 11 is 0. The molecule has 5 nitrogen and oxygen atoms in total. The molecule has 1 aromatic rings. The number of nitrogens with zero attached hydrogens (tertiary/aromatic N) is 2. The van der Waals surface area contributed by atoms with Crippen molar-refractivity contribution in [2.24, 2.45) is 5.16 Å². The van der Waals surface area contributed by atoms with Gasteiger partial charge >= 0.3 is 5.91 Å². The second-order valence-electron chi connectivity index (χ2n) is 4.25. The van der Waals surface area contributed by atoms with Gasteiger partial charge in [0.15, 0.2) is 5.84 Å². The second-order valence-corrected chi connectivity index (χ2v) is 4.25. The molecule has 0 bridgehead atoms. The van der Waals surface area contributed by atoms with Crippen LogP contribution in [0.25, 0.3) is 0 Å². The SMILES string of the molecule is CCOC12CCC(=O)N1C(c1ccccc1)=NO2. The lowest BCUT2D eigenvalue weighted by Crippen LogP contribution is -2.48. The van der Waals surface area contributed by atoms with Crippen molar-refractivity contribution in [3.63, 3.8) is 0 Å². The molecule has 2 aliphatic rings. The first kappa shape index (κ1) is 11.2. The largest absolute Gasteiger partial charge is 0.336 e. The molecule has 0 spiro atoms. The molecule has 0 aliphatic carbocycles. The Bertz CT molecular complexity index is 500. The van der Waals surface area contributed by atoms with Crippen LogP contribution < -0.4 is 0 Å². The zero-order chi connectivity index (χ0) is 12.6. The predicted octanol–water partition coefficient (Wildman–Crippen LogP) is 1.69. The summed E-state index contributed by atoms with van der Waals surface area (Å²) < 4.78 is 5.60. The highest BCUT2D eigenvalue weighted by Gasteiger charge is 2.55. The number of hydrogen-bond donors (Lipinski definition) is 0. The first-order chi connectivity index (χ1) is 8.77. The molecule has 1 atom stereocenters. The Kier molecular flexibility index (Phi) is 2.56. The number of oxime groups is 1. The lowest BCUT2D eigenvalue weighted by molar-refractivity contribution is -0.264. The molecule has 0 aromatic heterocycles. The molecule has 2 aliphatic heterocycles. The Labute approximate surface area is 105 Å². The normalized spacial score (nSPS) is 25.9. The fraction of sp³-hybridized carbons (Fsp3) is 0.385.